The van der Waals surface area contributed by atoms with E-state index in [1.54, 1.807) is 6.07 Å². The summed E-state index contributed by atoms with van der Waals surface area (Å²) in [4.78, 5) is 15.8. The Morgan fingerprint density at radius 3 is 2.34 bits per heavy atom. The Labute approximate surface area is 259 Å². The van der Waals surface area contributed by atoms with Gasteiger partial charge in [0.1, 0.15) is 0 Å². The Kier molecular flexibility index (Phi) is 14.5. The van der Waals surface area contributed by atoms with Gasteiger partial charge in [-0.05, 0) is 80.7 Å². The molecule has 0 spiro atoms. The molecule has 222 valence electrons. The lowest BCUT2D eigenvalue weighted by Crippen LogP contribution is -2.33. The molecule has 0 saturated heterocycles. The van der Waals surface area contributed by atoms with E-state index >= 15 is 0 Å². The molecule has 0 saturated carbocycles. The maximum Gasteiger partial charge on any atom is 0.253 e. The third-order valence-electron chi connectivity index (χ3n) is 6.95. The van der Waals surface area contributed by atoms with Gasteiger partial charge in [-0.2, -0.15) is 0 Å². The van der Waals surface area contributed by atoms with Crippen molar-refractivity contribution in [2.24, 2.45) is 5.92 Å². The van der Waals surface area contributed by atoms with Gasteiger partial charge in [-0.15, -0.1) is 0 Å². The molecule has 1 atom stereocenters. The monoisotopic (exact) mass is 594 g/mol. The van der Waals surface area contributed by atoms with Crippen molar-refractivity contribution >= 4 is 29.1 Å². The highest BCUT2D eigenvalue weighted by Gasteiger charge is 2.25. The van der Waals surface area contributed by atoms with Crippen LogP contribution in [0.3, 0.4) is 0 Å². The number of aryl methyl sites for hydroxylation is 2. The van der Waals surface area contributed by atoms with Crippen molar-refractivity contribution < 1.29 is 4.79 Å². The lowest BCUT2D eigenvalue weighted by Gasteiger charge is -2.28. The zero-order valence-corrected chi connectivity index (χ0v) is 27.7. The molecule has 41 heavy (non-hydrogen) atoms. The lowest BCUT2D eigenvalue weighted by atomic mass is 9.87. The van der Waals surface area contributed by atoms with Gasteiger partial charge in [0.25, 0.3) is 5.91 Å². The Balaban J connectivity index is 0.000000553. The average molecular weight is 596 g/mol. The average Bonchev–Trinajstić information content (AvgIpc) is 2.92. The molecule has 0 heterocycles. The number of amides is 1. The van der Waals surface area contributed by atoms with Crippen molar-refractivity contribution in [2.75, 3.05) is 14.1 Å². The summed E-state index contributed by atoms with van der Waals surface area (Å²) in [6.45, 7) is 12.7. The topological polar surface area (TPSA) is 32.3 Å². The standard InChI is InChI=1S/C29H42N2O.C7H6Cl2/c1-8-9-10-17-26(28(31(6)7)24(22(4)5)20-19-21(2)3)29(32)30-27-18-13-15-23-14-11-12-16-25(23)27;1-5-3-2-4-6(8)7(5)9/h10-12,14,16-17,19-21,27H,8-9,13,15,18H2,1-7H3,(H,30,32);2-4H,1H3/b17-10+,20-19-,28-26-;. The molecule has 1 unspecified atom stereocenters. The predicted octanol–water partition coefficient (Wildman–Crippen LogP) is 10.2. The first-order valence-corrected chi connectivity index (χ1v) is 15.5. The SMILES string of the molecule is CCC/C=C/C(C(=O)NC1CCCc2ccccc21)=C(\C(/C=C\C(C)C)=C(C)C)N(C)C.Cc1cccc(Cl)c1Cl. The number of likely N-dealkylation sites (N-methyl/N-ethyl adjacent to an activating group) is 1. The van der Waals surface area contributed by atoms with E-state index in [9.17, 15) is 4.79 Å². The van der Waals surface area contributed by atoms with Gasteiger partial charge < -0.3 is 10.2 Å². The van der Waals surface area contributed by atoms with Crippen LogP contribution in [0, 0.1) is 12.8 Å². The Morgan fingerprint density at radius 2 is 1.76 bits per heavy atom. The minimum absolute atomic E-state index is 0.000506. The molecule has 0 bridgehead atoms. The van der Waals surface area contributed by atoms with Gasteiger partial charge >= 0.3 is 0 Å². The van der Waals surface area contributed by atoms with E-state index < -0.39 is 0 Å². The smallest absolute Gasteiger partial charge is 0.253 e. The van der Waals surface area contributed by atoms with Crippen LogP contribution in [0.15, 0.2) is 89.2 Å². The molecule has 3 rings (SSSR count). The van der Waals surface area contributed by atoms with E-state index in [2.05, 4.69) is 87.3 Å². The van der Waals surface area contributed by atoms with E-state index in [1.807, 2.05) is 39.2 Å². The van der Waals surface area contributed by atoms with Gasteiger partial charge in [-0.1, -0.05) is 117 Å². The second-order valence-corrected chi connectivity index (χ2v) is 12.1. The van der Waals surface area contributed by atoms with Crippen LogP contribution < -0.4 is 5.32 Å². The number of carbonyl (C=O) groups excluding carboxylic acids is 1. The van der Waals surface area contributed by atoms with E-state index in [1.165, 1.54) is 16.7 Å². The van der Waals surface area contributed by atoms with Crippen molar-refractivity contribution in [1.82, 2.24) is 10.2 Å². The summed E-state index contributed by atoms with van der Waals surface area (Å²) in [5.74, 6) is 0.443. The van der Waals surface area contributed by atoms with Crippen LogP contribution >= 0.6 is 23.2 Å². The molecule has 0 aromatic heterocycles. The first-order valence-electron chi connectivity index (χ1n) is 14.7. The molecule has 1 amide bonds. The zero-order chi connectivity index (χ0) is 30.5. The summed E-state index contributed by atoms with van der Waals surface area (Å²) in [7, 11) is 4.05. The van der Waals surface area contributed by atoms with E-state index in [4.69, 9.17) is 23.2 Å². The number of unbranched alkanes of at least 4 members (excludes halogenated alkanes) is 1. The number of benzene rings is 2. The maximum atomic E-state index is 13.7. The molecule has 0 aliphatic heterocycles. The van der Waals surface area contributed by atoms with Crippen molar-refractivity contribution in [3.05, 3.63) is 116 Å². The summed E-state index contributed by atoms with van der Waals surface area (Å²) in [5, 5.41) is 4.65. The van der Waals surface area contributed by atoms with Gasteiger partial charge in [0.15, 0.2) is 0 Å². The first kappa shape index (κ1) is 34.5. The zero-order valence-electron chi connectivity index (χ0n) is 26.2. The molecule has 5 heteroatoms. The third-order valence-corrected chi connectivity index (χ3v) is 7.86. The van der Waals surface area contributed by atoms with Crippen LogP contribution in [0.5, 0.6) is 0 Å². The second kappa shape index (κ2) is 17.3. The molecule has 0 fully saturated rings. The lowest BCUT2D eigenvalue weighted by molar-refractivity contribution is -0.118. The van der Waals surface area contributed by atoms with Gasteiger partial charge in [0.05, 0.1) is 27.4 Å². The predicted molar refractivity (Wildman–Crippen MR) is 179 cm³/mol. The molecule has 2 aromatic rings. The fourth-order valence-corrected chi connectivity index (χ4v) is 5.13. The van der Waals surface area contributed by atoms with Crippen LogP contribution in [0.25, 0.3) is 0 Å². The van der Waals surface area contributed by atoms with Gasteiger partial charge in [-0.3, -0.25) is 4.79 Å². The maximum absolute atomic E-state index is 13.7. The molecule has 1 aliphatic rings. The summed E-state index contributed by atoms with van der Waals surface area (Å²) in [6.07, 6.45) is 13.7. The highest BCUT2D eigenvalue weighted by Crippen LogP contribution is 2.31. The number of nitrogens with one attached hydrogen (secondary N) is 1. The Bertz CT molecular complexity index is 1260. The van der Waals surface area contributed by atoms with Crippen LogP contribution in [-0.4, -0.2) is 24.9 Å². The quantitative estimate of drug-likeness (QED) is 0.231. The molecular weight excluding hydrogens is 547 g/mol. The molecule has 2 aromatic carbocycles. The summed E-state index contributed by atoms with van der Waals surface area (Å²) >= 11 is 11.4. The molecular formula is C36H48Cl2N2O. The van der Waals surface area contributed by atoms with Gasteiger partial charge in [0, 0.05) is 14.1 Å². The van der Waals surface area contributed by atoms with Crippen LogP contribution in [0.4, 0.5) is 0 Å². The highest BCUT2D eigenvalue weighted by molar-refractivity contribution is 6.42. The van der Waals surface area contributed by atoms with Gasteiger partial charge in [-0.25, -0.2) is 0 Å². The first-order chi connectivity index (χ1) is 19.5. The van der Waals surface area contributed by atoms with Crippen LogP contribution in [-0.2, 0) is 11.2 Å². The van der Waals surface area contributed by atoms with Crippen molar-refractivity contribution in [1.29, 1.82) is 0 Å². The summed E-state index contributed by atoms with van der Waals surface area (Å²) < 4.78 is 0. The highest BCUT2D eigenvalue weighted by atomic mass is 35.5. The number of fused-ring (bicyclic) bond motifs is 1. The third kappa shape index (κ3) is 10.5. The van der Waals surface area contributed by atoms with E-state index in [0.717, 1.165) is 54.5 Å². The van der Waals surface area contributed by atoms with E-state index in [0.29, 0.717) is 16.0 Å². The molecule has 1 aliphatic carbocycles. The number of nitrogens with zero attached hydrogens (tertiary/aromatic N) is 1. The van der Waals surface area contributed by atoms with Gasteiger partial charge in [0.2, 0.25) is 0 Å². The number of allylic oxidation sites excluding steroid dienone is 4. The summed E-state index contributed by atoms with van der Waals surface area (Å²) in [5.41, 5.74) is 7.64. The number of hydrogen-bond acceptors (Lipinski definition) is 2. The summed E-state index contributed by atoms with van der Waals surface area (Å²) in [6, 6.07) is 14.2. The van der Waals surface area contributed by atoms with Crippen molar-refractivity contribution in [3.8, 4) is 0 Å². The second-order valence-electron chi connectivity index (χ2n) is 11.4. The fraction of sp³-hybridized carbons (Fsp3) is 0.417. The minimum atomic E-state index is -0.000506. The van der Waals surface area contributed by atoms with Crippen molar-refractivity contribution in [2.45, 2.75) is 79.7 Å². The Morgan fingerprint density at radius 1 is 1.05 bits per heavy atom. The number of halogens is 2. The number of rotatable bonds is 9. The van der Waals surface area contributed by atoms with E-state index in [-0.39, 0.29) is 11.9 Å². The fourth-order valence-electron chi connectivity index (χ4n) is 4.78. The van der Waals surface area contributed by atoms with Crippen LogP contribution in [0.2, 0.25) is 10.0 Å². The minimum Gasteiger partial charge on any atom is -0.377 e. The van der Waals surface area contributed by atoms with Crippen molar-refractivity contribution in [3.63, 3.8) is 0 Å². The Hall–Kier alpha value is -2.75. The van der Waals surface area contributed by atoms with Crippen LogP contribution in [0.1, 0.15) is 83.0 Å². The molecule has 1 N–H and O–H groups in total. The largest absolute Gasteiger partial charge is 0.377 e. The number of carbonyl (C=O) groups is 1. The normalized spacial score (nSPS) is 15.2. The molecule has 0 radical (unpaired) electrons. The number of hydrogen-bond donors (Lipinski definition) is 1. The molecule has 3 nitrogen and oxygen atoms in total.